The zero-order chi connectivity index (χ0) is 14.5. The summed E-state index contributed by atoms with van der Waals surface area (Å²) in [5.41, 5.74) is 2.01. The number of halogens is 1. The molecule has 0 N–H and O–H groups in total. The van der Waals surface area contributed by atoms with E-state index in [2.05, 4.69) is 25.5 Å². The summed E-state index contributed by atoms with van der Waals surface area (Å²) in [7, 11) is 0. The Morgan fingerprint density at radius 3 is 3.05 bits per heavy atom. The first-order valence-corrected chi connectivity index (χ1v) is 8.16. The monoisotopic (exact) mass is 324 g/mol. The van der Waals surface area contributed by atoms with Crippen molar-refractivity contribution in [2.24, 2.45) is 0 Å². The summed E-state index contributed by atoms with van der Waals surface area (Å²) in [4.78, 5) is 6.48. The predicted molar refractivity (Wildman–Crippen MR) is 82.2 cm³/mol. The topological polar surface area (TPSA) is 51.1 Å². The predicted octanol–water partition coefficient (Wildman–Crippen LogP) is 2.77. The Balaban J connectivity index is 1.69. The molecule has 0 amide bonds. The van der Waals surface area contributed by atoms with Crippen molar-refractivity contribution in [3.05, 3.63) is 40.1 Å². The van der Waals surface area contributed by atoms with Crippen LogP contribution in [0, 0.1) is 0 Å². The number of aromatic nitrogens is 3. The smallest absolute Gasteiger partial charge is 0.138 e. The fraction of sp³-hybridized carbons (Fsp3) is 0.500. The molecular weight excluding hydrogens is 308 g/mol. The molecule has 2 aromatic rings. The second-order valence-electron chi connectivity index (χ2n) is 5.16. The highest BCUT2D eigenvalue weighted by Gasteiger charge is 2.21. The van der Waals surface area contributed by atoms with Gasteiger partial charge < -0.3 is 4.74 Å². The Hall–Kier alpha value is -1.08. The molecule has 1 saturated heterocycles. The largest absolute Gasteiger partial charge is 0.377 e. The summed E-state index contributed by atoms with van der Waals surface area (Å²) in [6, 6.07) is 4.04. The summed E-state index contributed by atoms with van der Waals surface area (Å²) >= 11 is 7.36. The molecule has 112 valence electrons. The van der Waals surface area contributed by atoms with Gasteiger partial charge in [-0.05, 0) is 24.5 Å². The molecule has 1 aliphatic rings. The van der Waals surface area contributed by atoms with Gasteiger partial charge in [0.2, 0.25) is 0 Å². The van der Waals surface area contributed by atoms with Crippen LogP contribution in [0.3, 0.4) is 0 Å². The van der Waals surface area contributed by atoms with E-state index in [1.165, 1.54) is 17.1 Å². The lowest BCUT2D eigenvalue weighted by Crippen LogP contribution is -2.31. The van der Waals surface area contributed by atoms with Gasteiger partial charge in [0.1, 0.15) is 10.0 Å². The van der Waals surface area contributed by atoms with Crippen LogP contribution in [0.2, 0.25) is 4.34 Å². The van der Waals surface area contributed by atoms with Crippen LogP contribution >= 0.6 is 23.1 Å². The highest BCUT2D eigenvalue weighted by molar-refractivity contribution is 7.10. The van der Waals surface area contributed by atoms with Gasteiger partial charge in [0.15, 0.2) is 0 Å². The van der Waals surface area contributed by atoms with Crippen molar-refractivity contribution in [2.45, 2.75) is 32.0 Å². The van der Waals surface area contributed by atoms with Crippen molar-refractivity contribution < 1.29 is 4.74 Å². The average Bonchev–Trinajstić information content (AvgIpc) is 3.13. The van der Waals surface area contributed by atoms with Crippen LogP contribution in [0.1, 0.15) is 24.1 Å². The molecule has 0 aromatic carbocycles. The van der Waals surface area contributed by atoms with E-state index in [0.717, 1.165) is 38.2 Å². The minimum Gasteiger partial charge on any atom is -0.377 e. The van der Waals surface area contributed by atoms with Crippen molar-refractivity contribution in [3.63, 3.8) is 0 Å². The quantitative estimate of drug-likeness (QED) is 0.817. The molecule has 1 atom stereocenters. The van der Waals surface area contributed by atoms with Gasteiger partial charge >= 0.3 is 0 Å². The Bertz CT molecular complexity index is 559. The van der Waals surface area contributed by atoms with Crippen molar-refractivity contribution in [1.29, 1.82) is 0 Å². The third-order valence-electron chi connectivity index (χ3n) is 3.50. The molecule has 0 aliphatic carbocycles. The zero-order valence-corrected chi connectivity index (χ0v) is 13.2. The van der Waals surface area contributed by atoms with Gasteiger partial charge in [-0.1, -0.05) is 22.2 Å². The van der Waals surface area contributed by atoms with E-state index >= 15 is 0 Å². The molecule has 0 unspecified atom stereocenters. The van der Waals surface area contributed by atoms with Crippen molar-refractivity contribution in [1.82, 2.24) is 19.5 Å². The van der Waals surface area contributed by atoms with Gasteiger partial charge in [0, 0.05) is 50.2 Å². The van der Waals surface area contributed by atoms with Crippen molar-refractivity contribution >= 4 is 23.1 Å². The fourth-order valence-electron chi connectivity index (χ4n) is 2.51. The first-order valence-electron chi connectivity index (χ1n) is 7.01. The van der Waals surface area contributed by atoms with E-state index in [1.807, 2.05) is 12.3 Å². The lowest BCUT2D eigenvalue weighted by molar-refractivity contribution is 0.0674. The SMILES string of the molecule is Clc1snnc1CN(Cc1cccnc1)C[C@H]1CCCO1. The molecule has 1 fully saturated rings. The van der Waals surface area contributed by atoms with Gasteiger partial charge in [0.05, 0.1) is 6.10 Å². The number of ether oxygens (including phenoxy) is 1. The highest BCUT2D eigenvalue weighted by atomic mass is 35.5. The van der Waals surface area contributed by atoms with E-state index in [0.29, 0.717) is 17.0 Å². The van der Waals surface area contributed by atoms with Gasteiger partial charge in [-0.25, -0.2) is 0 Å². The Labute approximate surface area is 133 Å². The molecule has 2 aromatic heterocycles. The van der Waals surface area contributed by atoms with Crippen LogP contribution in [0.15, 0.2) is 24.5 Å². The van der Waals surface area contributed by atoms with Gasteiger partial charge in [-0.3, -0.25) is 9.88 Å². The summed E-state index contributed by atoms with van der Waals surface area (Å²) in [5, 5.41) is 4.11. The molecule has 3 rings (SSSR count). The summed E-state index contributed by atoms with van der Waals surface area (Å²) in [6.07, 6.45) is 6.24. The Morgan fingerprint density at radius 2 is 2.38 bits per heavy atom. The first kappa shape index (κ1) is 14.8. The summed E-state index contributed by atoms with van der Waals surface area (Å²) in [6.45, 7) is 3.23. The van der Waals surface area contributed by atoms with Gasteiger partial charge in [-0.2, -0.15) is 0 Å². The molecule has 1 aliphatic heterocycles. The maximum atomic E-state index is 6.13. The third kappa shape index (κ3) is 4.20. The lowest BCUT2D eigenvalue weighted by Gasteiger charge is -2.24. The number of rotatable bonds is 6. The molecule has 7 heteroatoms. The average molecular weight is 325 g/mol. The van der Waals surface area contributed by atoms with Crippen molar-refractivity contribution in [3.8, 4) is 0 Å². The standard InChI is InChI=1S/C14H17ClN4OS/c15-14-13(17-18-21-14)10-19(9-12-4-2-6-20-12)8-11-3-1-5-16-7-11/h1,3,5,7,12H,2,4,6,8-10H2/t12-/m1/s1. The van der Waals surface area contributed by atoms with E-state index in [4.69, 9.17) is 16.3 Å². The van der Waals surface area contributed by atoms with Gasteiger partial charge in [-0.15, -0.1) is 5.10 Å². The first-order chi connectivity index (χ1) is 10.3. The van der Waals surface area contributed by atoms with Gasteiger partial charge in [0.25, 0.3) is 0 Å². The molecular formula is C14H17ClN4OS. The molecule has 3 heterocycles. The van der Waals surface area contributed by atoms with Crippen LogP contribution in [-0.2, 0) is 17.8 Å². The Kier molecular flexibility index (Phi) is 5.13. The molecule has 21 heavy (non-hydrogen) atoms. The summed E-state index contributed by atoms with van der Waals surface area (Å²) in [5.74, 6) is 0. The summed E-state index contributed by atoms with van der Waals surface area (Å²) < 4.78 is 10.3. The fourth-order valence-corrected chi connectivity index (χ4v) is 3.13. The lowest BCUT2D eigenvalue weighted by atomic mass is 10.2. The van der Waals surface area contributed by atoms with Crippen LogP contribution in [0.5, 0.6) is 0 Å². The highest BCUT2D eigenvalue weighted by Crippen LogP contribution is 2.21. The second kappa shape index (κ2) is 7.26. The Morgan fingerprint density at radius 1 is 1.43 bits per heavy atom. The van der Waals surface area contributed by atoms with Crippen molar-refractivity contribution in [2.75, 3.05) is 13.2 Å². The number of nitrogens with zero attached hydrogens (tertiary/aromatic N) is 4. The van der Waals surface area contributed by atoms with E-state index in [1.54, 1.807) is 6.20 Å². The van der Waals surface area contributed by atoms with Crippen LogP contribution in [-0.4, -0.2) is 38.7 Å². The number of hydrogen-bond donors (Lipinski definition) is 0. The molecule has 0 bridgehead atoms. The van der Waals surface area contributed by atoms with Crippen LogP contribution < -0.4 is 0 Å². The molecule has 0 radical (unpaired) electrons. The number of hydrogen-bond acceptors (Lipinski definition) is 6. The molecule has 0 saturated carbocycles. The number of pyridine rings is 1. The molecule has 5 nitrogen and oxygen atoms in total. The zero-order valence-electron chi connectivity index (χ0n) is 11.6. The van der Waals surface area contributed by atoms with Crippen LogP contribution in [0.25, 0.3) is 0 Å². The van der Waals surface area contributed by atoms with Crippen LogP contribution in [0.4, 0.5) is 0 Å². The minimum absolute atomic E-state index is 0.298. The molecule has 0 spiro atoms. The third-order valence-corrected chi connectivity index (χ3v) is 4.48. The van der Waals surface area contributed by atoms with E-state index in [9.17, 15) is 0 Å². The normalized spacial score (nSPS) is 18.5. The van der Waals surface area contributed by atoms with E-state index < -0.39 is 0 Å². The van der Waals surface area contributed by atoms with E-state index in [-0.39, 0.29) is 0 Å². The maximum Gasteiger partial charge on any atom is 0.138 e. The minimum atomic E-state index is 0.298. The second-order valence-corrected chi connectivity index (χ2v) is 6.52. The maximum absolute atomic E-state index is 6.13.